The number of nitrogens with zero attached hydrogens (tertiary/aromatic N) is 5. The number of halogens is 3. The van der Waals surface area contributed by atoms with Gasteiger partial charge >= 0.3 is 6.18 Å². The van der Waals surface area contributed by atoms with Gasteiger partial charge in [-0.1, -0.05) is 0 Å². The number of anilines is 2. The van der Waals surface area contributed by atoms with Crippen LogP contribution in [-0.2, 0) is 12.7 Å². The topological polar surface area (TPSA) is 68.1 Å². The van der Waals surface area contributed by atoms with Gasteiger partial charge in [0.15, 0.2) is 5.82 Å². The Bertz CT molecular complexity index is 1070. The molecule has 1 fully saturated rings. The molecule has 7 nitrogen and oxygen atoms in total. The van der Waals surface area contributed by atoms with Gasteiger partial charge in [0.2, 0.25) is 5.95 Å². The molecule has 158 valence electrons. The summed E-state index contributed by atoms with van der Waals surface area (Å²) in [4.78, 5) is 14.9. The largest absolute Gasteiger partial charge is 0.489 e. The SMILES string of the molecule is C[C@H]1Cn2ccc3nc(NC4CC(Oc5ccc(C(F)(F)F)nc5)C4)nc(c32)N1C. The van der Waals surface area contributed by atoms with Gasteiger partial charge in [-0.2, -0.15) is 18.2 Å². The molecule has 4 heterocycles. The Morgan fingerprint density at radius 1 is 1.17 bits per heavy atom. The van der Waals surface area contributed by atoms with E-state index in [0.717, 1.165) is 35.7 Å². The number of aromatic nitrogens is 4. The quantitative estimate of drug-likeness (QED) is 0.697. The van der Waals surface area contributed by atoms with E-state index in [9.17, 15) is 13.2 Å². The molecule has 0 aromatic carbocycles. The highest BCUT2D eigenvalue weighted by Crippen LogP contribution is 2.34. The van der Waals surface area contributed by atoms with Crippen LogP contribution in [0.2, 0.25) is 0 Å². The van der Waals surface area contributed by atoms with Crippen LogP contribution in [0, 0.1) is 0 Å². The van der Waals surface area contributed by atoms with Crippen molar-refractivity contribution >= 4 is 22.8 Å². The Kier molecular flexibility index (Phi) is 4.26. The van der Waals surface area contributed by atoms with Gasteiger partial charge in [-0.15, -0.1) is 0 Å². The molecule has 0 bridgehead atoms. The van der Waals surface area contributed by atoms with E-state index in [2.05, 4.69) is 31.7 Å². The first-order valence-electron chi connectivity index (χ1n) is 9.84. The molecular weight excluding hydrogens is 397 g/mol. The molecule has 10 heteroatoms. The van der Waals surface area contributed by atoms with Gasteiger partial charge in [0, 0.05) is 44.7 Å². The van der Waals surface area contributed by atoms with Crippen molar-refractivity contribution < 1.29 is 17.9 Å². The third-order valence-corrected chi connectivity index (χ3v) is 5.81. The minimum Gasteiger partial charge on any atom is -0.489 e. The molecule has 0 spiro atoms. The molecule has 1 N–H and O–H groups in total. The zero-order chi connectivity index (χ0) is 21.0. The second kappa shape index (κ2) is 6.75. The lowest BCUT2D eigenvalue weighted by Gasteiger charge is -2.36. The molecular formula is C20H21F3N6O. The first kappa shape index (κ1) is 19.0. The maximum absolute atomic E-state index is 12.6. The predicted molar refractivity (Wildman–Crippen MR) is 106 cm³/mol. The van der Waals surface area contributed by atoms with Crippen molar-refractivity contribution in [3.63, 3.8) is 0 Å². The lowest BCUT2D eigenvalue weighted by Crippen LogP contribution is -2.43. The van der Waals surface area contributed by atoms with Gasteiger partial charge in [0.1, 0.15) is 23.1 Å². The van der Waals surface area contributed by atoms with Crippen LogP contribution in [-0.4, -0.2) is 44.8 Å². The highest BCUT2D eigenvalue weighted by molar-refractivity contribution is 5.89. The van der Waals surface area contributed by atoms with Crippen LogP contribution in [0.3, 0.4) is 0 Å². The van der Waals surface area contributed by atoms with Crippen molar-refractivity contribution in [1.82, 2.24) is 19.5 Å². The van der Waals surface area contributed by atoms with E-state index in [4.69, 9.17) is 9.72 Å². The van der Waals surface area contributed by atoms with Gasteiger partial charge in [-0.05, 0) is 25.1 Å². The highest BCUT2D eigenvalue weighted by atomic mass is 19.4. The van der Waals surface area contributed by atoms with E-state index >= 15 is 0 Å². The average Bonchev–Trinajstić information content (AvgIpc) is 3.07. The Labute approximate surface area is 170 Å². The molecule has 1 atom stereocenters. The van der Waals surface area contributed by atoms with Crippen LogP contribution in [0.1, 0.15) is 25.5 Å². The summed E-state index contributed by atoms with van der Waals surface area (Å²) < 4.78 is 45.7. The molecule has 30 heavy (non-hydrogen) atoms. The maximum Gasteiger partial charge on any atom is 0.433 e. The second-order valence-corrected chi connectivity index (χ2v) is 7.96. The summed E-state index contributed by atoms with van der Waals surface area (Å²) in [5, 5.41) is 3.36. The van der Waals surface area contributed by atoms with Crippen molar-refractivity contribution in [3.05, 3.63) is 36.3 Å². The van der Waals surface area contributed by atoms with Gasteiger partial charge in [-0.3, -0.25) is 0 Å². The fourth-order valence-corrected chi connectivity index (χ4v) is 3.94. The van der Waals surface area contributed by atoms with Crippen molar-refractivity contribution in [2.45, 2.75) is 50.7 Å². The smallest absolute Gasteiger partial charge is 0.433 e. The minimum absolute atomic E-state index is 0.0769. The Hall–Kier alpha value is -3.04. The van der Waals surface area contributed by atoms with Crippen LogP contribution in [0.5, 0.6) is 5.75 Å². The number of pyridine rings is 1. The third kappa shape index (κ3) is 3.29. The number of hydrogen-bond donors (Lipinski definition) is 1. The lowest BCUT2D eigenvalue weighted by molar-refractivity contribution is -0.141. The number of nitrogens with one attached hydrogen (secondary N) is 1. The Balaban J connectivity index is 1.22. The van der Waals surface area contributed by atoms with E-state index in [0.29, 0.717) is 30.6 Å². The normalized spacial score (nSPS) is 23.4. The molecule has 1 aliphatic heterocycles. The summed E-state index contributed by atoms with van der Waals surface area (Å²) in [6.45, 7) is 3.07. The molecule has 2 aliphatic rings. The van der Waals surface area contributed by atoms with Crippen molar-refractivity contribution in [1.29, 1.82) is 0 Å². The van der Waals surface area contributed by atoms with E-state index in [1.807, 2.05) is 19.3 Å². The predicted octanol–water partition coefficient (Wildman–Crippen LogP) is 3.71. The first-order valence-corrected chi connectivity index (χ1v) is 9.84. The molecule has 3 aromatic heterocycles. The van der Waals surface area contributed by atoms with E-state index in [-0.39, 0.29) is 12.1 Å². The molecule has 0 amide bonds. The van der Waals surface area contributed by atoms with Crippen molar-refractivity contribution in [3.8, 4) is 5.75 Å². The maximum atomic E-state index is 12.6. The summed E-state index contributed by atoms with van der Waals surface area (Å²) >= 11 is 0. The molecule has 1 aliphatic carbocycles. The molecule has 0 unspecified atom stereocenters. The second-order valence-electron chi connectivity index (χ2n) is 7.96. The number of ether oxygens (including phenoxy) is 1. The summed E-state index contributed by atoms with van der Waals surface area (Å²) in [6, 6.07) is 4.73. The highest BCUT2D eigenvalue weighted by Gasteiger charge is 2.34. The number of likely N-dealkylation sites (N-methyl/N-ethyl adjacent to an activating group) is 1. The van der Waals surface area contributed by atoms with Crippen LogP contribution < -0.4 is 15.0 Å². The molecule has 3 aromatic rings. The van der Waals surface area contributed by atoms with Gasteiger partial charge in [0.05, 0.1) is 11.7 Å². The van der Waals surface area contributed by atoms with Crippen LogP contribution in [0.4, 0.5) is 24.9 Å². The fraction of sp³-hybridized carbons (Fsp3) is 0.450. The summed E-state index contributed by atoms with van der Waals surface area (Å²) in [5.41, 5.74) is 1.03. The standard InChI is InChI=1S/C20H21F3N6O/c1-11-10-29-6-5-15-17(29)18(28(11)2)27-19(26-15)25-12-7-14(8-12)30-13-3-4-16(24-9-13)20(21,22)23/h3-6,9,11-12,14H,7-8,10H2,1-2H3,(H,25,26,27)/t11-,12?,14?/m0/s1. The van der Waals surface area contributed by atoms with Crippen LogP contribution in [0.25, 0.3) is 11.0 Å². The summed E-state index contributed by atoms with van der Waals surface area (Å²) in [6.07, 6.45) is 0.0637. The lowest BCUT2D eigenvalue weighted by atomic mass is 9.89. The number of alkyl halides is 3. The van der Waals surface area contributed by atoms with Crippen molar-refractivity contribution in [2.75, 3.05) is 17.3 Å². The van der Waals surface area contributed by atoms with E-state index in [1.165, 1.54) is 6.07 Å². The average molecular weight is 418 g/mol. The van der Waals surface area contributed by atoms with Crippen molar-refractivity contribution in [2.24, 2.45) is 0 Å². The zero-order valence-electron chi connectivity index (χ0n) is 16.5. The molecule has 5 rings (SSSR count). The van der Waals surface area contributed by atoms with Crippen LogP contribution >= 0.6 is 0 Å². The zero-order valence-corrected chi connectivity index (χ0v) is 16.5. The molecule has 0 saturated heterocycles. The first-order chi connectivity index (χ1) is 14.3. The van der Waals surface area contributed by atoms with Gasteiger partial charge in [-0.25, -0.2) is 9.97 Å². The molecule has 1 saturated carbocycles. The number of hydrogen-bond acceptors (Lipinski definition) is 6. The van der Waals surface area contributed by atoms with Gasteiger partial charge in [0.25, 0.3) is 0 Å². The fourth-order valence-electron chi connectivity index (χ4n) is 3.94. The summed E-state index contributed by atoms with van der Waals surface area (Å²) in [7, 11) is 2.04. The van der Waals surface area contributed by atoms with Crippen LogP contribution in [0.15, 0.2) is 30.6 Å². The molecule has 0 radical (unpaired) electrons. The Morgan fingerprint density at radius 2 is 1.97 bits per heavy atom. The summed E-state index contributed by atoms with van der Waals surface area (Å²) in [5.74, 6) is 1.83. The van der Waals surface area contributed by atoms with Gasteiger partial charge < -0.3 is 19.5 Å². The van der Waals surface area contributed by atoms with E-state index in [1.54, 1.807) is 0 Å². The minimum atomic E-state index is -4.45. The van der Waals surface area contributed by atoms with E-state index < -0.39 is 11.9 Å². The number of rotatable bonds is 4. The third-order valence-electron chi connectivity index (χ3n) is 5.81. The monoisotopic (exact) mass is 418 g/mol. The Morgan fingerprint density at radius 3 is 2.67 bits per heavy atom.